The fraction of sp³-hybridized carbons (Fsp3) is 0.400. The second-order valence-corrected chi connectivity index (χ2v) is 14.8. The molecule has 15 heteroatoms. The highest BCUT2D eigenvalue weighted by Gasteiger charge is 2.58. The van der Waals surface area contributed by atoms with Gasteiger partial charge in [0.25, 0.3) is 11.5 Å². The van der Waals surface area contributed by atoms with Gasteiger partial charge < -0.3 is 10.2 Å². The van der Waals surface area contributed by atoms with Crippen LogP contribution in [0, 0.1) is 18.8 Å². The third-order valence-corrected chi connectivity index (χ3v) is 9.64. The van der Waals surface area contributed by atoms with E-state index in [2.05, 4.69) is 25.2 Å². The first-order valence-electron chi connectivity index (χ1n) is 14.6. The smallest absolute Gasteiger partial charge is 0.285 e. The number of carbonyl (C=O) groups is 1. The largest absolute Gasteiger partial charge is 0.377 e. The SMILES string of the molecule is Cc1cc([C@@H](C)Nc2ccc(Cl)nc2C(=O)NS(C)(=O)=O)c2nc(N3C[C@@H]4C(c5ncc(Cl)cn5)[C@@H]4C3)n(C3CC3)c(=O)c2c1. The van der Waals surface area contributed by atoms with Gasteiger partial charge in [-0.2, -0.15) is 0 Å². The number of fused-ring (bicyclic) bond motifs is 2. The third kappa shape index (κ3) is 5.72. The van der Waals surface area contributed by atoms with Crippen LogP contribution in [-0.2, 0) is 10.0 Å². The number of sulfonamides is 1. The molecule has 45 heavy (non-hydrogen) atoms. The summed E-state index contributed by atoms with van der Waals surface area (Å²) < 4.78 is 27.3. The van der Waals surface area contributed by atoms with E-state index < -0.39 is 22.0 Å². The van der Waals surface area contributed by atoms with Crippen LogP contribution in [0.5, 0.6) is 0 Å². The lowest BCUT2D eigenvalue weighted by atomic mass is 10.0. The van der Waals surface area contributed by atoms with Crippen LogP contribution < -0.4 is 20.5 Å². The highest BCUT2D eigenvalue weighted by Crippen LogP contribution is 2.58. The van der Waals surface area contributed by atoms with E-state index in [-0.39, 0.29) is 34.1 Å². The van der Waals surface area contributed by atoms with Gasteiger partial charge in [-0.05, 0) is 62.3 Å². The lowest BCUT2D eigenvalue weighted by Gasteiger charge is -2.26. The number of benzene rings is 1. The molecule has 7 rings (SSSR count). The Labute approximate surface area is 269 Å². The highest BCUT2D eigenvalue weighted by molar-refractivity contribution is 7.89. The summed E-state index contributed by atoms with van der Waals surface area (Å²) in [6.45, 7) is 5.30. The van der Waals surface area contributed by atoms with E-state index in [4.69, 9.17) is 28.2 Å². The number of rotatable bonds is 8. The summed E-state index contributed by atoms with van der Waals surface area (Å²) in [7, 11) is -3.84. The summed E-state index contributed by atoms with van der Waals surface area (Å²) in [5.74, 6) is 1.57. The Kier molecular flexibility index (Phi) is 7.25. The zero-order chi connectivity index (χ0) is 31.8. The third-order valence-electron chi connectivity index (χ3n) is 8.68. The number of piperidine rings is 1. The number of nitrogens with one attached hydrogen (secondary N) is 2. The van der Waals surface area contributed by atoms with Crippen molar-refractivity contribution in [1.82, 2.24) is 29.2 Å². The minimum Gasteiger partial charge on any atom is -0.377 e. The molecular weight excluding hydrogens is 639 g/mol. The maximum absolute atomic E-state index is 14.1. The lowest BCUT2D eigenvalue weighted by Crippen LogP contribution is -2.33. The molecule has 234 valence electrons. The average Bonchev–Trinajstić information content (AvgIpc) is 3.89. The van der Waals surface area contributed by atoms with E-state index in [9.17, 15) is 18.0 Å². The summed E-state index contributed by atoms with van der Waals surface area (Å²) in [6.07, 6.45) is 6.01. The fourth-order valence-corrected chi connectivity index (χ4v) is 7.18. The molecule has 2 saturated carbocycles. The molecule has 4 aromatic rings. The fourth-order valence-electron chi connectivity index (χ4n) is 6.50. The van der Waals surface area contributed by atoms with Crippen molar-refractivity contribution in [3.63, 3.8) is 0 Å². The molecule has 3 aromatic heterocycles. The number of aryl methyl sites for hydroxylation is 1. The number of hydrogen-bond donors (Lipinski definition) is 2. The maximum atomic E-state index is 14.1. The van der Waals surface area contributed by atoms with Crippen LogP contribution in [0.4, 0.5) is 11.6 Å². The van der Waals surface area contributed by atoms with Crippen LogP contribution in [0.25, 0.3) is 10.9 Å². The van der Waals surface area contributed by atoms with Gasteiger partial charge in [0.2, 0.25) is 16.0 Å². The lowest BCUT2D eigenvalue weighted by molar-refractivity contribution is 0.0977. The summed E-state index contributed by atoms with van der Waals surface area (Å²) in [4.78, 5) is 47.2. The molecule has 2 aliphatic carbocycles. The number of nitrogens with zero attached hydrogens (tertiary/aromatic N) is 6. The number of pyridine rings is 1. The van der Waals surface area contributed by atoms with Crippen molar-refractivity contribution in [3.05, 3.63) is 79.8 Å². The van der Waals surface area contributed by atoms with E-state index >= 15 is 0 Å². The van der Waals surface area contributed by atoms with Crippen LogP contribution >= 0.6 is 23.2 Å². The molecular formula is C30H30Cl2N8O4S. The summed E-state index contributed by atoms with van der Waals surface area (Å²) >= 11 is 12.0. The van der Waals surface area contributed by atoms with Gasteiger partial charge in [-0.25, -0.2) is 33.1 Å². The first kappa shape index (κ1) is 29.9. The Morgan fingerprint density at radius 1 is 1.07 bits per heavy atom. The van der Waals surface area contributed by atoms with Gasteiger partial charge in [-0.3, -0.25) is 14.2 Å². The van der Waals surface area contributed by atoms with E-state index in [0.29, 0.717) is 33.7 Å². The molecule has 0 bridgehead atoms. The Balaban J connectivity index is 1.24. The maximum Gasteiger partial charge on any atom is 0.285 e. The van der Waals surface area contributed by atoms with Crippen LogP contribution in [-0.4, -0.2) is 58.2 Å². The first-order chi connectivity index (χ1) is 21.4. The molecule has 0 radical (unpaired) electrons. The van der Waals surface area contributed by atoms with Crippen molar-refractivity contribution in [3.8, 4) is 0 Å². The van der Waals surface area contributed by atoms with Crippen LogP contribution in [0.15, 0.2) is 41.5 Å². The van der Waals surface area contributed by atoms with Gasteiger partial charge >= 0.3 is 0 Å². The molecule has 4 atom stereocenters. The number of carbonyl (C=O) groups excluding carboxylic acids is 1. The molecule has 1 saturated heterocycles. The zero-order valence-electron chi connectivity index (χ0n) is 24.7. The molecule has 2 N–H and O–H groups in total. The monoisotopic (exact) mass is 668 g/mol. The van der Waals surface area contributed by atoms with Gasteiger partial charge in [0.15, 0.2) is 5.69 Å². The summed E-state index contributed by atoms with van der Waals surface area (Å²) in [5, 5.41) is 4.35. The number of amides is 1. The van der Waals surface area contributed by atoms with Crippen molar-refractivity contribution in [2.45, 2.75) is 44.7 Å². The second-order valence-electron chi connectivity index (χ2n) is 12.2. The first-order valence-corrected chi connectivity index (χ1v) is 17.3. The number of halogens is 2. The molecule has 1 unspecified atom stereocenters. The number of aromatic nitrogens is 5. The molecule has 3 aliphatic rings. The Bertz CT molecular complexity index is 2020. The summed E-state index contributed by atoms with van der Waals surface area (Å²) in [6, 6.07) is 6.58. The quantitative estimate of drug-likeness (QED) is 0.261. The Morgan fingerprint density at radius 3 is 2.40 bits per heavy atom. The molecule has 4 heterocycles. The standard InChI is InChI=1S/C30H30Cl2N8O4S/c1-14-8-18(15(2)35-22-6-7-23(32)36-26(22)28(41)38-45(3,43)44)25-19(9-14)29(42)40(17-4-5-17)30(37-25)39-12-20-21(13-39)24(20)27-33-10-16(31)11-34-27/h6-11,15,17,20-21,24,35H,4-5,12-13H2,1-3H3,(H,38,41)/t15-,20-,21+,24?/m1/s1. The van der Waals surface area contributed by atoms with Crippen LogP contribution in [0.2, 0.25) is 10.2 Å². The van der Waals surface area contributed by atoms with E-state index in [1.54, 1.807) is 18.5 Å². The Hall–Kier alpha value is -3.81. The average molecular weight is 670 g/mol. The normalized spacial score (nSPS) is 21.4. The molecule has 1 aromatic carbocycles. The predicted molar refractivity (Wildman–Crippen MR) is 172 cm³/mol. The minimum absolute atomic E-state index is 0.0355. The minimum atomic E-state index is -3.84. The van der Waals surface area contributed by atoms with Gasteiger partial charge in [0, 0.05) is 43.0 Å². The zero-order valence-corrected chi connectivity index (χ0v) is 27.0. The summed E-state index contributed by atoms with van der Waals surface area (Å²) in [5.41, 5.74) is 2.25. The molecule has 3 fully saturated rings. The van der Waals surface area contributed by atoms with Gasteiger partial charge in [0.1, 0.15) is 11.0 Å². The van der Waals surface area contributed by atoms with Crippen molar-refractivity contribution in [1.29, 1.82) is 0 Å². The predicted octanol–water partition coefficient (Wildman–Crippen LogP) is 4.24. The Morgan fingerprint density at radius 2 is 1.76 bits per heavy atom. The second kappa shape index (κ2) is 10.9. The van der Waals surface area contributed by atoms with Crippen LogP contribution in [0.1, 0.15) is 65.2 Å². The molecule has 12 nitrogen and oxygen atoms in total. The van der Waals surface area contributed by atoms with Gasteiger partial charge in [0.05, 0.1) is 33.9 Å². The molecule has 1 aliphatic heterocycles. The topological polar surface area (TPSA) is 152 Å². The van der Waals surface area contributed by atoms with Crippen molar-refractivity contribution in [2.75, 3.05) is 29.6 Å². The number of hydrogen-bond acceptors (Lipinski definition) is 10. The number of anilines is 2. The van der Waals surface area contributed by atoms with E-state index in [0.717, 1.165) is 49.1 Å². The van der Waals surface area contributed by atoms with Crippen molar-refractivity contribution in [2.24, 2.45) is 11.8 Å². The van der Waals surface area contributed by atoms with Crippen molar-refractivity contribution >= 4 is 61.7 Å². The van der Waals surface area contributed by atoms with Crippen molar-refractivity contribution < 1.29 is 13.2 Å². The van der Waals surface area contributed by atoms with E-state index in [1.165, 1.54) is 6.07 Å². The van der Waals surface area contributed by atoms with E-state index in [1.807, 2.05) is 35.3 Å². The van der Waals surface area contributed by atoms with Crippen LogP contribution in [0.3, 0.4) is 0 Å². The van der Waals surface area contributed by atoms with Gasteiger partial charge in [-0.15, -0.1) is 0 Å². The molecule has 0 spiro atoms. The molecule has 1 amide bonds. The van der Waals surface area contributed by atoms with Gasteiger partial charge in [-0.1, -0.05) is 29.3 Å². The highest BCUT2D eigenvalue weighted by atomic mass is 35.5.